The minimum atomic E-state index is 0.182. The van der Waals surface area contributed by atoms with Gasteiger partial charge in [-0.05, 0) is 48.3 Å². The van der Waals surface area contributed by atoms with Gasteiger partial charge in [-0.25, -0.2) is 9.97 Å². The summed E-state index contributed by atoms with van der Waals surface area (Å²) in [6.45, 7) is 8.06. The molecule has 5 rings (SSSR count). The molecule has 2 aromatic rings. The largest absolute Gasteiger partial charge is 0.358 e. The molecular weight excluding hydrogens is 332 g/mol. The van der Waals surface area contributed by atoms with Crippen LogP contribution in [0.5, 0.6) is 0 Å². The molecule has 4 heteroatoms. The predicted molar refractivity (Wildman–Crippen MR) is 112 cm³/mol. The zero-order valence-electron chi connectivity index (χ0n) is 15.3. The first kappa shape index (κ1) is 16.3. The van der Waals surface area contributed by atoms with Gasteiger partial charge < -0.3 is 10.6 Å². The number of aromatic nitrogens is 2. The lowest BCUT2D eigenvalue weighted by Gasteiger charge is -2.35. The molecule has 5 unspecified atom stereocenters. The molecule has 5 atom stereocenters. The highest BCUT2D eigenvalue weighted by Gasteiger charge is 2.36. The summed E-state index contributed by atoms with van der Waals surface area (Å²) in [6, 6.07) is 8.36. The molecule has 0 amide bonds. The molecular formula is C23H24N4. The van der Waals surface area contributed by atoms with Crippen LogP contribution in [0.3, 0.4) is 0 Å². The summed E-state index contributed by atoms with van der Waals surface area (Å²) in [6.07, 6.45) is 13.4. The molecule has 4 nitrogen and oxygen atoms in total. The molecule has 27 heavy (non-hydrogen) atoms. The SMILES string of the molecule is C=CC1CC(C=C)C(C2=CC3Nc4nc5ccccc5nc4NC3C=C2)C1. The van der Waals surface area contributed by atoms with Gasteiger partial charge in [0.05, 0.1) is 23.1 Å². The van der Waals surface area contributed by atoms with Gasteiger partial charge in [-0.1, -0.05) is 42.5 Å². The summed E-state index contributed by atoms with van der Waals surface area (Å²) in [7, 11) is 0. The van der Waals surface area contributed by atoms with Crippen molar-refractivity contribution in [1.29, 1.82) is 0 Å². The minimum Gasteiger partial charge on any atom is -0.358 e. The van der Waals surface area contributed by atoms with Gasteiger partial charge in [0, 0.05) is 0 Å². The third kappa shape index (κ3) is 2.76. The fourth-order valence-electron chi connectivity index (χ4n) is 4.68. The first-order valence-electron chi connectivity index (χ1n) is 9.70. The molecule has 1 aliphatic heterocycles. The minimum absolute atomic E-state index is 0.182. The zero-order chi connectivity index (χ0) is 18.4. The third-order valence-corrected chi connectivity index (χ3v) is 6.14. The van der Waals surface area contributed by atoms with Gasteiger partial charge in [0.25, 0.3) is 0 Å². The lowest BCUT2D eigenvalue weighted by molar-refractivity contribution is 0.532. The molecule has 2 aliphatic carbocycles. The van der Waals surface area contributed by atoms with Crippen LogP contribution in [0.4, 0.5) is 11.6 Å². The van der Waals surface area contributed by atoms with Crippen molar-refractivity contribution in [2.45, 2.75) is 24.9 Å². The second kappa shape index (κ2) is 6.38. The lowest BCUT2D eigenvalue weighted by Crippen LogP contribution is -2.43. The Bertz CT molecular complexity index is 974. The number of benzene rings is 1. The zero-order valence-corrected chi connectivity index (χ0v) is 15.3. The summed E-state index contributed by atoms with van der Waals surface area (Å²) in [4.78, 5) is 9.50. The average molecular weight is 356 g/mol. The standard InChI is InChI=1S/C23H24N4/c1-3-14-11-15(4-2)17(12-14)16-9-10-20-21(13-16)27-23-22(26-20)24-18-7-5-6-8-19(18)25-23/h3-10,13-15,17,20-21H,1-2,11-12H2,(H,24,26)(H,25,27). The van der Waals surface area contributed by atoms with E-state index in [-0.39, 0.29) is 12.1 Å². The molecule has 0 spiro atoms. The summed E-state index contributed by atoms with van der Waals surface area (Å²) in [5.41, 5.74) is 3.23. The van der Waals surface area contributed by atoms with E-state index >= 15 is 0 Å². The topological polar surface area (TPSA) is 49.8 Å². The van der Waals surface area contributed by atoms with Crippen molar-refractivity contribution in [2.75, 3.05) is 10.6 Å². The molecule has 0 bridgehead atoms. The van der Waals surface area contributed by atoms with Gasteiger partial charge >= 0.3 is 0 Å². The fraction of sp³-hybridized carbons (Fsp3) is 0.304. The van der Waals surface area contributed by atoms with Crippen LogP contribution in [-0.4, -0.2) is 22.1 Å². The molecule has 2 heterocycles. The maximum absolute atomic E-state index is 4.77. The van der Waals surface area contributed by atoms with Crippen molar-refractivity contribution in [2.24, 2.45) is 17.8 Å². The number of fused-ring (bicyclic) bond motifs is 3. The van der Waals surface area contributed by atoms with E-state index < -0.39 is 0 Å². The Morgan fingerprint density at radius 1 is 0.926 bits per heavy atom. The van der Waals surface area contributed by atoms with Crippen LogP contribution in [0.1, 0.15) is 12.8 Å². The molecule has 0 radical (unpaired) electrons. The number of hydrogen-bond donors (Lipinski definition) is 2. The highest BCUT2D eigenvalue weighted by Crippen LogP contribution is 2.43. The van der Waals surface area contributed by atoms with E-state index in [1.165, 1.54) is 5.57 Å². The summed E-state index contributed by atoms with van der Waals surface area (Å²) in [5, 5.41) is 7.14. The van der Waals surface area contributed by atoms with Gasteiger partial charge in [-0.2, -0.15) is 0 Å². The van der Waals surface area contributed by atoms with Crippen molar-refractivity contribution in [3.63, 3.8) is 0 Å². The van der Waals surface area contributed by atoms with Crippen LogP contribution in [0.15, 0.2) is 73.4 Å². The van der Waals surface area contributed by atoms with E-state index in [4.69, 9.17) is 9.97 Å². The first-order chi connectivity index (χ1) is 13.2. The van der Waals surface area contributed by atoms with Crippen LogP contribution in [0, 0.1) is 17.8 Å². The Kier molecular flexibility index (Phi) is 3.85. The Morgan fingerprint density at radius 2 is 1.63 bits per heavy atom. The summed E-state index contributed by atoms with van der Waals surface area (Å²) >= 11 is 0. The summed E-state index contributed by atoms with van der Waals surface area (Å²) < 4.78 is 0. The van der Waals surface area contributed by atoms with Crippen LogP contribution >= 0.6 is 0 Å². The average Bonchev–Trinajstić information content (AvgIpc) is 3.14. The smallest absolute Gasteiger partial charge is 0.170 e. The first-order valence-corrected chi connectivity index (χ1v) is 9.70. The predicted octanol–water partition coefficient (Wildman–Crippen LogP) is 4.72. The number of anilines is 2. The molecule has 0 saturated heterocycles. The monoisotopic (exact) mass is 356 g/mol. The van der Waals surface area contributed by atoms with E-state index in [1.807, 2.05) is 24.3 Å². The molecule has 136 valence electrons. The quantitative estimate of drug-likeness (QED) is 0.782. The van der Waals surface area contributed by atoms with E-state index in [2.05, 4.69) is 54.2 Å². The van der Waals surface area contributed by atoms with Crippen LogP contribution in [-0.2, 0) is 0 Å². The molecule has 1 aromatic heterocycles. The Labute approximate surface area is 159 Å². The number of allylic oxidation sites excluding steroid dienone is 4. The van der Waals surface area contributed by atoms with Crippen LogP contribution in [0.25, 0.3) is 11.0 Å². The van der Waals surface area contributed by atoms with Gasteiger partial charge in [0.2, 0.25) is 0 Å². The Hall–Kier alpha value is -2.88. The maximum atomic E-state index is 4.77. The van der Waals surface area contributed by atoms with E-state index in [9.17, 15) is 0 Å². The van der Waals surface area contributed by atoms with Crippen molar-refractivity contribution in [3.05, 3.63) is 73.4 Å². The van der Waals surface area contributed by atoms with Gasteiger partial charge in [-0.15, -0.1) is 13.2 Å². The number of nitrogens with zero attached hydrogens (tertiary/aromatic N) is 2. The number of hydrogen-bond acceptors (Lipinski definition) is 4. The van der Waals surface area contributed by atoms with Crippen LogP contribution < -0.4 is 10.6 Å². The molecule has 1 aromatic carbocycles. The van der Waals surface area contributed by atoms with Gasteiger partial charge in [0.15, 0.2) is 11.6 Å². The lowest BCUT2D eigenvalue weighted by atomic mass is 9.83. The highest BCUT2D eigenvalue weighted by atomic mass is 15.2. The Morgan fingerprint density at radius 3 is 2.30 bits per heavy atom. The van der Waals surface area contributed by atoms with Crippen LogP contribution in [0.2, 0.25) is 0 Å². The molecule has 2 N–H and O–H groups in total. The third-order valence-electron chi connectivity index (χ3n) is 6.14. The van der Waals surface area contributed by atoms with E-state index in [0.717, 1.165) is 35.5 Å². The van der Waals surface area contributed by atoms with Crippen molar-refractivity contribution < 1.29 is 0 Å². The molecule has 3 aliphatic rings. The second-order valence-electron chi connectivity index (χ2n) is 7.75. The Balaban J connectivity index is 1.45. The van der Waals surface area contributed by atoms with Crippen molar-refractivity contribution in [1.82, 2.24) is 9.97 Å². The van der Waals surface area contributed by atoms with E-state index in [1.54, 1.807) is 0 Å². The van der Waals surface area contributed by atoms with E-state index in [0.29, 0.717) is 17.8 Å². The number of para-hydroxylation sites is 2. The number of nitrogens with one attached hydrogen (secondary N) is 2. The van der Waals surface area contributed by atoms with Gasteiger partial charge in [-0.3, -0.25) is 0 Å². The van der Waals surface area contributed by atoms with Gasteiger partial charge in [0.1, 0.15) is 0 Å². The second-order valence-corrected chi connectivity index (χ2v) is 7.75. The summed E-state index contributed by atoms with van der Waals surface area (Å²) in [5.74, 6) is 3.28. The highest BCUT2D eigenvalue weighted by molar-refractivity contribution is 5.81. The molecule has 1 saturated carbocycles. The van der Waals surface area contributed by atoms with Crippen molar-refractivity contribution in [3.8, 4) is 0 Å². The van der Waals surface area contributed by atoms with Crippen molar-refractivity contribution >= 4 is 22.7 Å². The molecule has 1 fully saturated rings. The fourth-order valence-corrected chi connectivity index (χ4v) is 4.68. The maximum Gasteiger partial charge on any atom is 0.170 e. The normalized spacial score (nSPS) is 31.3. The number of rotatable bonds is 3.